The van der Waals surface area contributed by atoms with E-state index in [-0.39, 0.29) is 18.9 Å². The van der Waals surface area contributed by atoms with Crippen LogP contribution in [0.4, 0.5) is 0 Å². The predicted octanol–water partition coefficient (Wildman–Crippen LogP) is -2.58. The molecule has 0 saturated carbocycles. The Hall–Kier alpha value is -0.585. The van der Waals surface area contributed by atoms with Crippen molar-refractivity contribution < 1.29 is 14.8 Å². The third kappa shape index (κ3) is 3.44. The average molecular weight is 146 g/mol. The first-order valence-electron chi connectivity index (χ1n) is 2.88. The van der Waals surface area contributed by atoms with E-state index >= 15 is 0 Å². The van der Waals surface area contributed by atoms with Crippen LogP contribution < -0.4 is 5.73 Å². The van der Waals surface area contributed by atoms with Gasteiger partial charge in [0.25, 0.3) is 0 Å². The molecule has 4 N–H and O–H groups in total. The van der Waals surface area contributed by atoms with Crippen molar-refractivity contribution in [2.45, 2.75) is 0 Å². The van der Waals surface area contributed by atoms with Crippen LogP contribution in [-0.2, 0) is 4.79 Å². The van der Waals surface area contributed by atoms with Gasteiger partial charge in [-0.25, -0.2) is 0 Å². The number of hydrogen-bond acceptors (Lipinski definition) is 4. The van der Waals surface area contributed by atoms with E-state index in [0.29, 0.717) is 0 Å². The Morgan fingerprint density at radius 2 is 2.20 bits per heavy atom. The summed E-state index contributed by atoms with van der Waals surface area (Å²) in [6.07, 6.45) is -0.101. The maximum Gasteiger partial charge on any atom is 0.472 e. The summed E-state index contributed by atoms with van der Waals surface area (Å²) in [6, 6.07) is 0. The molecule has 0 aromatic rings. The van der Waals surface area contributed by atoms with Crippen LogP contribution >= 0.6 is 0 Å². The monoisotopic (exact) mass is 146 g/mol. The molecule has 10 heavy (non-hydrogen) atoms. The molecule has 0 bridgehead atoms. The number of hydrogen-bond donors (Lipinski definition) is 3. The largest absolute Gasteiger partial charge is 0.472 e. The Morgan fingerprint density at radius 3 is 2.50 bits per heavy atom. The van der Waals surface area contributed by atoms with Gasteiger partial charge in [-0.2, -0.15) is 0 Å². The van der Waals surface area contributed by atoms with E-state index in [1.807, 2.05) is 0 Å². The minimum absolute atomic E-state index is 0.101. The molecule has 0 aliphatic carbocycles. The molecule has 0 atom stereocenters. The Labute approximate surface area is 59.6 Å². The van der Waals surface area contributed by atoms with Gasteiger partial charge in [0.1, 0.15) is 0 Å². The van der Waals surface area contributed by atoms with Crippen LogP contribution in [0.25, 0.3) is 0 Å². The lowest BCUT2D eigenvalue weighted by atomic mass is 9.91. The van der Waals surface area contributed by atoms with E-state index in [2.05, 4.69) is 0 Å². The van der Waals surface area contributed by atoms with Gasteiger partial charge < -0.3 is 20.7 Å². The molecule has 0 rings (SSSR count). The average Bonchev–Trinajstić information content (AvgIpc) is 1.85. The van der Waals surface area contributed by atoms with Gasteiger partial charge in [0.2, 0.25) is 5.91 Å². The molecule has 0 heterocycles. The van der Waals surface area contributed by atoms with Gasteiger partial charge in [-0.15, -0.1) is 0 Å². The Kier molecular flexibility index (Phi) is 4.02. The van der Waals surface area contributed by atoms with Crippen molar-refractivity contribution in [1.82, 2.24) is 4.90 Å². The van der Waals surface area contributed by atoms with Crippen molar-refractivity contribution in [2.75, 3.05) is 20.0 Å². The lowest BCUT2D eigenvalue weighted by Gasteiger charge is -2.14. The van der Waals surface area contributed by atoms with Crippen molar-refractivity contribution in [2.24, 2.45) is 5.73 Å². The molecule has 0 spiro atoms. The van der Waals surface area contributed by atoms with E-state index in [9.17, 15) is 4.79 Å². The molecule has 0 aromatic carbocycles. The molecular formula is C4H11BN2O3. The highest BCUT2D eigenvalue weighted by Crippen LogP contribution is 1.82. The van der Waals surface area contributed by atoms with Gasteiger partial charge in [0, 0.05) is 7.05 Å². The van der Waals surface area contributed by atoms with Crippen LogP contribution in [-0.4, -0.2) is 48.0 Å². The molecule has 0 aromatic heterocycles. The molecule has 0 radical (unpaired) electrons. The van der Waals surface area contributed by atoms with Crippen LogP contribution in [0.5, 0.6) is 0 Å². The summed E-state index contributed by atoms with van der Waals surface area (Å²) in [5.74, 6) is -0.312. The van der Waals surface area contributed by atoms with Crippen molar-refractivity contribution in [1.29, 1.82) is 0 Å². The topological polar surface area (TPSA) is 86.8 Å². The molecule has 0 aliphatic rings. The van der Waals surface area contributed by atoms with Crippen LogP contribution in [0.15, 0.2) is 0 Å². The third-order valence-corrected chi connectivity index (χ3v) is 1.04. The third-order valence-electron chi connectivity index (χ3n) is 1.04. The fourth-order valence-corrected chi connectivity index (χ4v) is 0.503. The van der Waals surface area contributed by atoms with Crippen molar-refractivity contribution in [3.63, 3.8) is 0 Å². The summed E-state index contributed by atoms with van der Waals surface area (Å²) in [4.78, 5) is 11.8. The van der Waals surface area contributed by atoms with Gasteiger partial charge in [-0.3, -0.25) is 4.79 Å². The van der Waals surface area contributed by atoms with Gasteiger partial charge >= 0.3 is 7.12 Å². The molecule has 5 nitrogen and oxygen atoms in total. The van der Waals surface area contributed by atoms with Gasteiger partial charge in [-0.1, -0.05) is 0 Å². The molecule has 58 valence electrons. The van der Waals surface area contributed by atoms with Crippen LogP contribution in [0.3, 0.4) is 0 Å². The first-order chi connectivity index (χ1) is 4.57. The molecule has 0 fully saturated rings. The molecule has 0 aliphatic heterocycles. The molecule has 6 heteroatoms. The van der Waals surface area contributed by atoms with Gasteiger partial charge in [0.15, 0.2) is 0 Å². The van der Waals surface area contributed by atoms with Gasteiger partial charge in [-0.05, 0) is 0 Å². The van der Waals surface area contributed by atoms with Crippen LogP contribution in [0.1, 0.15) is 0 Å². The number of nitrogens with two attached hydrogens (primary N) is 1. The highest BCUT2D eigenvalue weighted by molar-refractivity contribution is 6.41. The van der Waals surface area contributed by atoms with Crippen LogP contribution in [0.2, 0.25) is 0 Å². The second kappa shape index (κ2) is 4.27. The zero-order valence-electron chi connectivity index (χ0n) is 5.82. The summed E-state index contributed by atoms with van der Waals surface area (Å²) < 4.78 is 0. The van der Waals surface area contributed by atoms with E-state index < -0.39 is 7.12 Å². The number of carbonyl (C=O) groups excluding carboxylic acids is 1. The standard InChI is InChI=1S/C4H11BN2O3/c1-7(3-5(9)10)4(8)2-6/h9-10H,2-3,6H2,1H3. The number of nitrogens with zero attached hydrogens (tertiary/aromatic N) is 1. The maximum atomic E-state index is 10.6. The van der Waals surface area contributed by atoms with E-state index in [4.69, 9.17) is 15.8 Å². The Morgan fingerprint density at radius 1 is 1.70 bits per heavy atom. The Balaban J connectivity index is 3.61. The van der Waals surface area contributed by atoms with Crippen LogP contribution in [0, 0.1) is 0 Å². The quantitative estimate of drug-likeness (QED) is 0.381. The first kappa shape index (κ1) is 9.41. The lowest BCUT2D eigenvalue weighted by Crippen LogP contribution is -2.39. The van der Waals surface area contributed by atoms with Crippen molar-refractivity contribution in [3.05, 3.63) is 0 Å². The summed E-state index contributed by atoms with van der Waals surface area (Å²) in [5, 5.41) is 16.8. The van der Waals surface area contributed by atoms with E-state index in [1.54, 1.807) is 0 Å². The predicted molar refractivity (Wildman–Crippen MR) is 36.9 cm³/mol. The maximum absolute atomic E-state index is 10.6. The highest BCUT2D eigenvalue weighted by atomic mass is 16.4. The molecular weight excluding hydrogens is 135 g/mol. The molecule has 0 unspecified atom stereocenters. The Bertz CT molecular complexity index is 119. The number of rotatable bonds is 3. The number of amides is 1. The summed E-state index contributed by atoms with van der Waals surface area (Å²) in [6.45, 7) is -0.108. The van der Waals surface area contributed by atoms with Gasteiger partial charge in [0.05, 0.1) is 13.0 Å². The number of likely N-dealkylation sites (N-methyl/N-ethyl adjacent to an activating group) is 1. The highest BCUT2D eigenvalue weighted by Gasteiger charge is 2.13. The summed E-state index contributed by atoms with van der Waals surface area (Å²) in [7, 11) is -0.0326. The van der Waals surface area contributed by atoms with Crippen molar-refractivity contribution in [3.8, 4) is 0 Å². The SMILES string of the molecule is CN(CB(O)O)C(=O)CN. The first-order valence-corrected chi connectivity index (χ1v) is 2.88. The summed E-state index contributed by atoms with van der Waals surface area (Å²) in [5.41, 5.74) is 4.99. The lowest BCUT2D eigenvalue weighted by molar-refractivity contribution is -0.127. The summed E-state index contributed by atoms with van der Waals surface area (Å²) >= 11 is 0. The second-order valence-corrected chi connectivity index (χ2v) is 1.96. The second-order valence-electron chi connectivity index (χ2n) is 1.96. The molecule has 1 amide bonds. The van der Waals surface area contributed by atoms with E-state index in [0.717, 1.165) is 4.90 Å². The minimum Gasteiger partial charge on any atom is -0.426 e. The smallest absolute Gasteiger partial charge is 0.426 e. The van der Waals surface area contributed by atoms with Crippen molar-refractivity contribution >= 4 is 13.0 Å². The minimum atomic E-state index is -1.49. The van der Waals surface area contributed by atoms with E-state index in [1.165, 1.54) is 7.05 Å². The normalized spacial score (nSPS) is 9.20. The number of carbonyl (C=O) groups is 1. The fourth-order valence-electron chi connectivity index (χ4n) is 0.503. The zero-order valence-corrected chi connectivity index (χ0v) is 5.82. The molecule has 0 saturated heterocycles. The zero-order chi connectivity index (χ0) is 8.15. The fraction of sp³-hybridized carbons (Fsp3) is 0.750.